The number of rotatable bonds is 6. The zero-order valence-corrected chi connectivity index (χ0v) is 14.3. The lowest BCUT2D eigenvalue weighted by molar-refractivity contribution is 0.546. The van der Waals surface area contributed by atoms with Crippen LogP contribution in [-0.2, 0) is 6.54 Å². The van der Waals surface area contributed by atoms with Gasteiger partial charge in [0, 0.05) is 29.5 Å². The van der Waals surface area contributed by atoms with E-state index < -0.39 is 0 Å². The van der Waals surface area contributed by atoms with Crippen molar-refractivity contribution in [2.24, 2.45) is 5.92 Å². The summed E-state index contributed by atoms with van der Waals surface area (Å²) in [6.45, 7) is 8.59. The molecule has 2 atom stereocenters. The Labute approximate surface area is 131 Å². The Hall–Kier alpha value is -0.260. The van der Waals surface area contributed by atoms with Gasteiger partial charge in [-0.05, 0) is 24.9 Å². The molecular formula is C15H25N3S2. The first kappa shape index (κ1) is 16.1. The summed E-state index contributed by atoms with van der Waals surface area (Å²) in [5, 5.41) is 4.58. The van der Waals surface area contributed by atoms with Crippen molar-refractivity contribution >= 4 is 23.5 Å². The number of thioether (sulfide) groups is 2. The second-order valence-electron chi connectivity index (χ2n) is 5.54. The topological polar surface area (TPSA) is 37.8 Å². The molecule has 0 bridgehead atoms. The van der Waals surface area contributed by atoms with Gasteiger partial charge in [-0.2, -0.15) is 11.8 Å². The number of hydrogen-bond donors (Lipinski definition) is 1. The van der Waals surface area contributed by atoms with Crippen LogP contribution in [0, 0.1) is 5.92 Å². The summed E-state index contributed by atoms with van der Waals surface area (Å²) in [5.74, 6) is 4.17. The molecular weight excluding hydrogens is 286 g/mol. The maximum absolute atomic E-state index is 4.78. The van der Waals surface area contributed by atoms with Crippen LogP contribution in [0.4, 0.5) is 0 Å². The van der Waals surface area contributed by atoms with Gasteiger partial charge in [-0.1, -0.05) is 20.8 Å². The van der Waals surface area contributed by atoms with E-state index in [0.717, 1.165) is 24.6 Å². The number of hydrogen-bond acceptors (Lipinski definition) is 5. The highest BCUT2D eigenvalue weighted by molar-refractivity contribution is 8.06. The maximum Gasteiger partial charge on any atom is 0.142 e. The van der Waals surface area contributed by atoms with Gasteiger partial charge in [0.25, 0.3) is 0 Å². The van der Waals surface area contributed by atoms with E-state index in [1.165, 1.54) is 17.9 Å². The fourth-order valence-electron chi connectivity index (χ4n) is 2.28. The summed E-state index contributed by atoms with van der Waals surface area (Å²) in [6, 6.07) is 2.03. The van der Waals surface area contributed by atoms with Gasteiger partial charge in [-0.15, -0.1) is 11.8 Å². The zero-order chi connectivity index (χ0) is 14.4. The van der Waals surface area contributed by atoms with Gasteiger partial charge in [-0.3, -0.25) is 0 Å². The van der Waals surface area contributed by atoms with Crippen molar-refractivity contribution in [3.8, 4) is 0 Å². The molecule has 0 amide bonds. The Kier molecular flexibility index (Phi) is 6.65. The molecule has 112 valence electrons. The third-order valence-electron chi connectivity index (χ3n) is 3.30. The summed E-state index contributed by atoms with van der Waals surface area (Å²) < 4.78 is 0. The molecule has 2 rings (SSSR count). The van der Waals surface area contributed by atoms with Crippen LogP contribution in [-0.4, -0.2) is 33.3 Å². The zero-order valence-electron chi connectivity index (χ0n) is 12.6. The molecule has 1 aliphatic rings. The molecule has 20 heavy (non-hydrogen) atoms. The first-order valence-electron chi connectivity index (χ1n) is 7.46. The lowest BCUT2D eigenvalue weighted by Gasteiger charge is -2.28. The van der Waals surface area contributed by atoms with Crippen LogP contribution < -0.4 is 5.32 Å². The van der Waals surface area contributed by atoms with Crippen molar-refractivity contribution in [2.45, 2.75) is 44.2 Å². The summed E-state index contributed by atoms with van der Waals surface area (Å²) in [6.07, 6.45) is 3.11. The monoisotopic (exact) mass is 311 g/mol. The first-order valence-corrected chi connectivity index (χ1v) is 9.56. The highest BCUT2D eigenvalue weighted by Gasteiger charge is 2.28. The van der Waals surface area contributed by atoms with E-state index in [1.807, 2.05) is 24.0 Å². The minimum absolute atomic E-state index is 0.462. The quantitative estimate of drug-likeness (QED) is 0.870. The van der Waals surface area contributed by atoms with E-state index in [2.05, 4.69) is 42.8 Å². The number of nitrogens with zero attached hydrogens (tertiary/aromatic N) is 2. The van der Waals surface area contributed by atoms with Crippen molar-refractivity contribution < 1.29 is 0 Å². The lowest BCUT2D eigenvalue weighted by atomic mass is 10.2. The van der Waals surface area contributed by atoms with Crippen molar-refractivity contribution in [1.29, 1.82) is 0 Å². The largest absolute Gasteiger partial charge is 0.311 e. The Bertz CT molecular complexity index is 412. The summed E-state index contributed by atoms with van der Waals surface area (Å²) in [5.41, 5.74) is 1.11. The third kappa shape index (κ3) is 4.64. The van der Waals surface area contributed by atoms with Crippen molar-refractivity contribution in [2.75, 3.05) is 18.1 Å². The Morgan fingerprint density at radius 3 is 2.90 bits per heavy atom. The highest BCUT2D eigenvalue weighted by Crippen LogP contribution is 2.42. The third-order valence-corrected chi connectivity index (χ3v) is 6.54. The molecule has 1 N–H and O–H groups in total. The molecule has 2 unspecified atom stereocenters. The Balaban J connectivity index is 2.00. The van der Waals surface area contributed by atoms with Crippen LogP contribution in [0.5, 0.6) is 0 Å². The smallest absolute Gasteiger partial charge is 0.142 e. The van der Waals surface area contributed by atoms with Gasteiger partial charge >= 0.3 is 0 Å². The standard InChI is InChI=1S/C15H25N3S2/c1-4-13-14(20-8-7-19-13)15-17-6-5-12(18-15)10-16-9-11(2)3/h5-6,11,13-14,16H,4,7-10H2,1-3H3. The van der Waals surface area contributed by atoms with Gasteiger partial charge in [0.1, 0.15) is 5.82 Å². The summed E-state index contributed by atoms with van der Waals surface area (Å²) in [4.78, 5) is 9.32. The van der Waals surface area contributed by atoms with Gasteiger partial charge in [0.2, 0.25) is 0 Å². The molecule has 3 nitrogen and oxygen atoms in total. The molecule has 0 aliphatic carbocycles. The van der Waals surface area contributed by atoms with Crippen LogP contribution >= 0.6 is 23.5 Å². The molecule has 1 saturated heterocycles. The minimum atomic E-state index is 0.462. The molecule has 0 spiro atoms. The van der Waals surface area contributed by atoms with E-state index in [4.69, 9.17) is 4.98 Å². The molecule has 5 heteroatoms. The Morgan fingerprint density at radius 2 is 2.15 bits per heavy atom. The average Bonchev–Trinajstić information content (AvgIpc) is 2.47. The van der Waals surface area contributed by atoms with Gasteiger partial charge in [0.15, 0.2) is 0 Å². The normalized spacial score (nSPS) is 23.2. The van der Waals surface area contributed by atoms with E-state index in [9.17, 15) is 0 Å². The molecule has 0 aromatic carbocycles. The predicted octanol–water partition coefficient (Wildman–Crippen LogP) is 3.52. The molecule has 0 saturated carbocycles. The molecule has 2 heterocycles. The lowest BCUT2D eigenvalue weighted by Crippen LogP contribution is -2.22. The number of nitrogens with one attached hydrogen (secondary N) is 1. The van der Waals surface area contributed by atoms with Gasteiger partial charge in [-0.25, -0.2) is 9.97 Å². The molecule has 1 aromatic rings. The predicted molar refractivity (Wildman–Crippen MR) is 90.3 cm³/mol. The van der Waals surface area contributed by atoms with E-state index >= 15 is 0 Å². The Morgan fingerprint density at radius 1 is 1.35 bits per heavy atom. The van der Waals surface area contributed by atoms with Crippen molar-refractivity contribution in [3.63, 3.8) is 0 Å². The second-order valence-corrected chi connectivity index (χ2v) is 8.14. The average molecular weight is 312 g/mol. The van der Waals surface area contributed by atoms with E-state index in [0.29, 0.717) is 16.4 Å². The maximum atomic E-state index is 4.78. The van der Waals surface area contributed by atoms with Crippen LogP contribution in [0.3, 0.4) is 0 Å². The van der Waals surface area contributed by atoms with Crippen LogP contribution in [0.2, 0.25) is 0 Å². The summed E-state index contributed by atoms with van der Waals surface area (Å²) >= 11 is 4.10. The molecule has 1 aromatic heterocycles. The van der Waals surface area contributed by atoms with Crippen LogP contribution in [0.25, 0.3) is 0 Å². The molecule has 1 aliphatic heterocycles. The minimum Gasteiger partial charge on any atom is -0.311 e. The van der Waals surface area contributed by atoms with E-state index in [1.54, 1.807) is 0 Å². The number of aromatic nitrogens is 2. The van der Waals surface area contributed by atoms with Gasteiger partial charge in [0.05, 0.1) is 10.9 Å². The second kappa shape index (κ2) is 8.25. The van der Waals surface area contributed by atoms with Crippen LogP contribution in [0.1, 0.15) is 44.0 Å². The highest BCUT2D eigenvalue weighted by atomic mass is 32.2. The molecule has 0 radical (unpaired) electrons. The van der Waals surface area contributed by atoms with Crippen molar-refractivity contribution in [1.82, 2.24) is 15.3 Å². The van der Waals surface area contributed by atoms with E-state index in [-0.39, 0.29) is 0 Å². The fourth-order valence-corrected chi connectivity index (χ4v) is 5.28. The SMILES string of the molecule is CCC1SCCSC1c1nccc(CNCC(C)C)n1. The fraction of sp³-hybridized carbons (Fsp3) is 0.733. The van der Waals surface area contributed by atoms with Crippen molar-refractivity contribution in [3.05, 3.63) is 23.8 Å². The summed E-state index contributed by atoms with van der Waals surface area (Å²) in [7, 11) is 0. The first-order chi connectivity index (χ1) is 9.70. The van der Waals surface area contributed by atoms with Gasteiger partial charge < -0.3 is 5.32 Å². The molecule has 1 fully saturated rings. The van der Waals surface area contributed by atoms with Crippen LogP contribution in [0.15, 0.2) is 12.3 Å².